The predicted octanol–water partition coefficient (Wildman–Crippen LogP) is 1.45. The van der Waals surface area contributed by atoms with Gasteiger partial charge in [0, 0.05) is 25.7 Å². The van der Waals surface area contributed by atoms with Gasteiger partial charge in [-0.25, -0.2) is 0 Å². The first-order valence-electron chi connectivity index (χ1n) is 7.29. The fraction of sp³-hybridized carbons (Fsp3) is 0.714. The van der Waals surface area contributed by atoms with Crippen LogP contribution in [0.25, 0.3) is 0 Å². The van der Waals surface area contributed by atoms with Crippen molar-refractivity contribution < 1.29 is 14.1 Å². The Hall–Kier alpha value is -1.11. The normalized spacial score (nSPS) is 25.7. The first-order chi connectivity index (χ1) is 9.74. The molecule has 1 N–H and O–H groups in total. The quantitative estimate of drug-likeness (QED) is 0.914. The van der Waals surface area contributed by atoms with Gasteiger partial charge >= 0.3 is 0 Å². The minimum atomic E-state index is -0.00559. The molecule has 2 aliphatic rings. The van der Waals surface area contributed by atoms with Crippen molar-refractivity contribution in [2.75, 3.05) is 26.2 Å². The molecule has 6 nitrogen and oxygen atoms in total. The summed E-state index contributed by atoms with van der Waals surface area (Å²) in [5.74, 6) is 0.950. The Bertz CT molecular complexity index is 474. The van der Waals surface area contributed by atoms with Gasteiger partial charge in [0.2, 0.25) is 5.91 Å². The van der Waals surface area contributed by atoms with Gasteiger partial charge in [0.15, 0.2) is 5.76 Å². The SMILES string of the molecule is Cc1cc(C2CCCN2C(=O)CC2CNCCO2)on1.Cl. The topological polar surface area (TPSA) is 67.6 Å². The summed E-state index contributed by atoms with van der Waals surface area (Å²) in [5.41, 5.74) is 0.860. The van der Waals surface area contributed by atoms with Crippen LogP contribution in [-0.2, 0) is 9.53 Å². The van der Waals surface area contributed by atoms with Crippen molar-refractivity contribution in [1.29, 1.82) is 0 Å². The van der Waals surface area contributed by atoms with Crippen LogP contribution in [-0.4, -0.2) is 48.3 Å². The zero-order valence-corrected chi connectivity index (χ0v) is 13.0. The van der Waals surface area contributed by atoms with Gasteiger partial charge in [-0.15, -0.1) is 12.4 Å². The van der Waals surface area contributed by atoms with Crippen molar-refractivity contribution >= 4 is 18.3 Å². The van der Waals surface area contributed by atoms with E-state index in [0.29, 0.717) is 13.0 Å². The molecule has 0 bridgehead atoms. The Labute approximate surface area is 130 Å². The van der Waals surface area contributed by atoms with Crippen molar-refractivity contribution in [3.8, 4) is 0 Å². The number of morpholine rings is 1. The second-order valence-corrected chi connectivity index (χ2v) is 5.52. The third-order valence-corrected chi connectivity index (χ3v) is 3.95. The molecule has 2 fully saturated rings. The molecule has 2 saturated heterocycles. The second-order valence-electron chi connectivity index (χ2n) is 5.52. The van der Waals surface area contributed by atoms with Gasteiger partial charge in [-0.1, -0.05) is 5.16 Å². The number of likely N-dealkylation sites (tertiary alicyclic amines) is 1. The number of rotatable bonds is 3. The molecule has 1 aromatic heterocycles. The van der Waals surface area contributed by atoms with Crippen molar-refractivity contribution in [2.45, 2.75) is 38.3 Å². The highest BCUT2D eigenvalue weighted by Crippen LogP contribution is 2.32. The number of hydrogen-bond donors (Lipinski definition) is 1. The van der Waals surface area contributed by atoms with Crippen LogP contribution in [0.1, 0.15) is 36.8 Å². The molecule has 3 rings (SSSR count). The van der Waals surface area contributed by atoms with E-state index in [1.807, 2.05) is 17.9 Å². The lowest BCUT2D eigenvalue weighted by atomic mass is 10.1. The Balaban J connectivity index is 0.00000161. The maximum Gasteiger partial charge on any atom is 0.225 e. The summed E-state index contributed by atoms with van der Waals surface area (Å²) in [6, 6.07) is 1.97. The van der Waals surface area contributed by atoms with Crippen LogP contribution in [0.15, 0.2) is 10.6 Å². The third kappa shape index (κ3) is 3.75. The summed E-state index contributed by atoms with van der Waals surface area (Å²) < 4.78 is 10.9. The van der Waals surface area contributed by atoms with E-state index in [-0.39, 0.29) is 30.5 Å². The zero-order valence-electron chi connectivity index (χ0n) is 12.2. The molecule has 2 unspecified atom stereocenters. The molecule has 3 heterocycles. The summed E-state index contributed by atoms with van der Waals surface area (Å²) in [7, 11) is 0. The van der Waals surface area contributed by atoms with Gasteiger partial charge in [0.1, 0.15) is 0 Å². The molecule has 0 radical (unpaired) electrons. The van der Waals surface area contributed by atoms with E-state index in [1.165, 1.54) is 0 Å². The monoisotopic (exact) mass is 315 g/mol. The third-order valence-electron chi connectivity index (χ3n) is 3.95. The van der Waals surface area contributed by atoms with Gasteiger partial charge in [0.05, 0.1) is 30.9 Å². The first-order valence-corrected chi connectivity index (χ1v) is 7.29. The molecule has 7 heteroatoms. The van der Waals surface area contributed by atoms with E-state index in [4.69, 9.17) is 9.26 Å². The Morgan fingerprint density at radius 3 is 3.10 bits per heavy atom. The van der Waals surface area contributed by atoms with Crippen LogP contribution in [0.4, 0.5) is 0 Å². The highest BCUT2D eigenvalue weighted by molar-refractivity contribution is 5.85. The van der Waals surface area contributed by atoms with E-state index in [2.05, 4.69) is 10.5 Å². The zero-order chi connectivity index (χ0) is 13.9. The lowest BCUT2D eigenvalue weighted by molar-refractivity contribution is -0.136. The number of hydrogen-bond acceptors (Lipinski definition) is 5. The van der Waals surface area contributed by atoms with E-state index in [9.17, 15) is 4.79 Å². The number of nitrogens with one attached hydrogen (secondary N) is 1. The van der Waals surface area contributed by atoms with Crippen LogP contribution in [0.5, 0.6) is 0 Å². The minimum Gasteiger partial charge on any atom is -0.375 e. The van der Waals surface area contributed by atoms with Crippen molar-refractivity contribution in [3.05, 3.63) is 17.5 Å². The molecule has 1 aromatic rings. The number of aromatic nitrogens is 1. The molecule has 118 valence electrons. The number of aryl methyl sites for hydroxylation is 1. The van der Waals surface area contributed by atoms with Gasteiger partial charge < -0.3 is 19.5 Å². The molecule has 2 aliphatic heterocycles. The number of ether oxygens (including phenoxy) is 1. The van der Waals surface area contributed by atoms with E-state index < -0.39 is 0 Å². The van der Waals surface area contributed by atoms with Crippen molar-refractivity contribution in [1.82, 2.24) is 15.4 Å². The Morgan fingerprint density at radius 1 is 1.57 bits per heavy atom. The lowest BCUT2D eigenvalue weighted by Crippen LogP contribution is -2.42. The molecule has 0 spiro atoms. The average Bonchev–Trinajstić information content (AvgIpc) is 3.08. The van der Waals surface area contributed by atoms with Gasteiger partial charge in [-0.3, -0.25) is 4.79 Å². The number of carbonyl (C=O) groups excluding carboxylic acids is 1. The van der Waals surface area contributed by atoms with Gasteiger partial charge in [0.25, 0.3) is 0 Å². The fourth-order valence-electron chi connectivity index (χ4n) is 2.96. The molecule has 0 aliphatic carbocycles. The molecular weight excluding hydrogens is 294 g/mol. The summed E-state index contributed by atoms with van der Waals surface area (Å²) in [6.45, 7) is 5.00. The summed E-state index contributed by atoms with van der Waals surface area (Å²) in [6.07, 6.45) is 2.40. The Morgan fingerprint density at radius 2 is 2.43 bits per heavy atom. The predicted molar refractivity (Wildman–Crippen MR) is 79.4 cm³/mol. The molecule has 1 amide bonds. The largest absolute Gasteiger partial charge is 0.375 e. The Kier molecular flexibility index (Phi) is 5.61. The van der Waals surface area contributed by atoms with Crippen LogP contribution in [0.2, 0.25) is 0 Å². The number of halogens is 1. The maximum absolute atomic E-state index is 12.5. The number of amides is 1. The lowest BCUT2D eigenvalue weighted by Gasteiger charge is -2.27. The van der Waals surface area contributed by atoms with Crippen molar-refractivity contribution in [2.24, 2.45) is 0 Å². The summed E-state index contributed by atoms with van der Waals surface area (Å²) in [5, 5.41) is 7.18. The molecular formula is C14H22ClN3O3. The van der Waals surface area contributed by atoms with E-state index >= 15 is 0 Å². The average molecular weight is 316 g/mol. The summed E-state index contributed by atoms with van der Waals surface area (Å²) >= 11 is 0. The molecule has 21 heavy (non-hydrogen) atoms. The number of carbonyl (C=O) groups is 1. The van der Waals surface area contributed by atoms with Crippen LogP contribution in [0, 0.1) is 6.92 Å². The standard InChI is InChI=1S/C14H21N3O3.ClH/c1-10-7-13(20-16-10)12-3-2-5-17(12)14(18)8-11-9-15-4-6-19-11;/h7,11-12,15H,2-6,8-9H2,1H3;1H. The molecule has 0 aromatic carbocycles. The van der Waals surface area contributed by atoms with Gasteiger partial charge in [-0.05, 0) is 19.8 Å². The fourth-order valence-corrected chi connectivity index (χ4v) is 2.96. The first kappa shape index (κ1) is 16.3. The van der Waals surface area contributed by atoms with Gasteiger partial charge in [-0.2, -0.15) is 0 Å². The van der Waals surface area contributed by atoms with Crippen LogP contribution in [0.3, 0.4) is 0 Å². The smallest absolute Gasteiger partial charge is 0.225 e. The maximum atomic E-state index is 12.5. The summed E-state index contributed by atoms with van der Waals surface area (Å²) in [4.78, 5) is 14.4. The number of nitrogens with zero attached hydrogens (tertiary/aromatic N) is 2. The van der Waals surface area contributed by atoms with Crippen LogP contribution >= 0.6 is 12.4 Å². The second kappa shape index (κ2) is 7.24. The minimum absolute atomic E-state index is 0. The van der Waals surface area contributed by atoms with E-state index in [1.54, 1.807) is 0 Å². The molecule has 2 atom stereocenters. The molecule has 0 saturated carbocycles. The van der Waals surface area contributed by atoms with E-state index in [0.717, 1.165) is 43.9 Å². The van der Waals surface area contributed by atoms with Crippen LogP contribution < -0.4 is 5.32 Å². The van der Waals surface area contributed by atoms with Crippen molar-refractivity contribution in [3.63, 3.8) is 0 Å². The highest BCUT2D eigenvalue weighted by atomic mass is 35.5. The highest BCUT2D eigenvalue weighted by Gasteiger charge is 2.33.